The second-order valence-electron chi connectivity index (χ2n) is 3.59. The summed E-state index contributed by atoms with van der Waals surface area (Å²) >= 11 is 0. The van der Waals surface area contributed by atoms with Gasteiger partial charge in [0.2, 0.25) is 0 Å². The van der Waals surface area contributed by atoms with E-state index in [0.717, 1.165) is 12.8 Å². The first kappa shape index (κ1) is 12.3. The number of carbonyl (C=O) groups excluding carboxylic acids is 1. The number of unbranched alkanes of at least 4 members (excludes halogenated alkanes) is 1. The fraction of sp³-hybridized carbons (Fsp3) is 0.889. The maximum Gasteiger partial charge on any atom is 0.508 e. The molecule has 1 saturated heterocycles. The molecular formula is C9H16O5S. The molecule has 0 saturated carbocycles. The van der Waals surface area contributed by atoms with E-state index < -0.39 is 22.1 Å². The Morgan fingerprint density at radius 3 is 2.73 bits per heavy atom. The standard InChI is InChI=1S/C9H16O5S/c1-2-3-5-13-9(10)14-8-4-6-15(11,12)7-8/h8H,2-7H2,1H3. The fourth-order valence-corrected chi connectivity index (χ4v) is 2.91. The zero-order chi connectivity index (χ0) is 11.3. The molecule has 0 N–H and O–H groups in total. The summed E-state index contributed by atoms with van der Waals surface area (Å²) in [5, 5.41) is 0. The summed E-state index contributed by atoms with van der Waals surface area (Å²) in [6.45, 7) is 2.31. The van der Waals surface area contributed by atoms with Crippen LogP contribution in [-0.2, 0) is 19.3 Å². The van der Waals surface area contributed by atoms with E-state index in [0.29, 0.717) is 13.0 Å². The lowest BCUT2D eigenvalue weighted by Gasteiger charge is -2.09. The Morgan fingerprint density at radius 1 is 1.47 bits per heavy atom. The maximum absolute atomic E-state index is 11.1. The van der Waals surface area contributed by atoms with Gasteiger partial charge in [-0.15, -0.1) is 0 Å². The molecule has 1 fully saturated rings. The molecule has 0 amide bonds. The molecule has 1 rings (SSSR count). The van der Waals surface area contributed by atoms with Crippen molar-refractivity contribution in [3.05, 3.63) is 0 Å². The van der Waals surface area contributed by atoms with Crippen LogP contribution in [0.3, 0.4) is 0 Å². The van der Waals surface area contributed by atoms with E-state index in [1.54, 1.807) is 0 Å². The normalized spacial score (nSPS) is 23.7. The van der Waals surface area contributed by atoms with Gasteiger partial charge in [0.05, 0.1) is 18.1 Å². The molecule has 15 heavy (non-hydrogen) atoms. The smallest absolute Gasteiger partial charge is 0.434 e. The molecule has 6 heteroatoms. The summed E-state index contributed by atoms with van der Waals surface area (Å²) in [7, 11) is -3.00. The predicted octanol–water partition coefficient (Wildman–Crippen LogP) is 1.13. The van der Waals surface area contributed by atoms with Crippen molar-refractivity contribution in [2.75, 3.05) is 18.1 Å². The third-order valence-electron chi connectivity index (χ3n) is 2.17. The molecule has 88 valence electrons. The van der Waals surface area contributed by atoms with E-state index in [1.807, 2.05) is 6.92 Å². The van der Waals surface area contributed by atoms with Crippen LogP contribution >= 0.6 is 0 Å². The first-order chi connectivity index (χ1) is 7.03. The molecular weight excluding hydrogens is 220 g/mol. The fourth-order valence-electron chi connectivity index (χ4n) is 1.32. The number of ether oxygens (including phenoxy) is 2. The van der Waals surface area contributed by atoms with Crippen LogP contribution < -0.4 is 0 Å². The Labute approximate surface area is 89.7 Å². The molecule has 0 bridgehead atoms. The minimum Gasteiger partial charge on any atom is -0.434 e. The summed E-state index contributed by atoms with van der Waals surface area (Å²) in [5.74, 6) is 0.0236. The van der Waals surface area contributed by atoms with Gasteiger partial charge in [-0.2, -0.15) is 0 Å². The van der Waals surface area contributed by atoms with Crippen LogP contribution in [-0.4, -0.2) is 38.8 Å². The molecule has 1 aliphatic rings. The first-order valence-electron chi connectivity index (χ1n) is 5.07. The molecule has 0 aliphatic carbocycles. The van der Waals surface area contributed by atoms with Crippen molar-refractivity contribution in [1.82, 2.24) is 0 Å². The third kappa shape index (κ3) is 4.51. The third-order valence-corrected chi connectivity index (χ3v) is 3.91. The minimum absolute atomic E-state index is 0.0735. The molecule has 5 nitrogen and oxygen atoms in total. The molecule has 1 unspecified atom stereocenters. The van der Waals surface area contributed by atoms with Gasteiger partial charge in [0, 0.05) is 0 Å². The molecule has 0 radical (unpaired) electrons. The molecule has 1 aliphatic heterocycles. The van der Waals surface area contributed by atoms with Crippen LogP contribution in [0.4, 0.5) is 4.79 Å². The lowest BCUT2D eigenvalue weighted by molar-refractivity contribution is 0.0307. The van der Waals surface area contributed by atoms with E-state index in [-0.39, 0.29) is 11.5 Å². The Bertz CT molecular complexity index is 308. The number of hydrogen-bond donors (Lipinski definition) is 0. The van der Waals surface area contributed by atoms with Crippen LogP contribution in [0.15, 0.2) is 0 Å². The van der Waals surface area contributed by atoms with E-state index in [4.69, 9.17) is 9.47 Å². The zero-order valence-corrected chi connectivity index (χ0v) is 9.59. The van der Waals surface area contributed by atoms with Crippen molar-refractivity contribution in [1.29, 1.82) is 0 Å². The Balaban J connectivity index is 2.22. The summed E-state index contributed by atoms with van der Waals surface area (Å²) < 4.78 is 31.7. The van der Waals surface area contributed by atoms with E-state index >= 15 is 0 Å². The monoisotopic (exact) mass is 236 g/mol. The molecule has 0 aromatic rings. The first-order valence-corrected chi connectivity index (χ1v) is 6.89. The van der Waals surface area contributed by atoms with E-state index in [9.17, 15) is 13.2 Å². The average Bonchev–Trinajstić information content (AvgIpc) is 2.46. The highest BCUT2D eigenvalue weighted by Gasteiger charge is 2.31. The van der Waals surface area contributed by atoms with Gasteiger partial charge in [-0.1, -0.05) is 13.3 Å². The van der Waals surface area contributed by atoms with Gasteiger partial charge in [-0.25, -0.2) is 13.2 Å². The molecule has 0 aromatic heterocycles. The van der Waals surface area contributed by atoms with Crippen molar-refractivity contribution < 1.29 is 22.7 Å². The van der Waals surface area contributed by atoms with E-state index in [2.05, 4.69) is 0 Å². The van der Waals surface area contributed by atoms with Crippen LogP contribution in [0.5, 0.6) is 0 Å². The van der Waals surface area contributed by atoms with Crippen molar-refractivity contribution in [2.45, 2.75) is 32.3 Å². The summed E-state index contributed by atoms with van der Waals surface area (Å²) in [6.07, 6.45) is 0.823. The van der Waals surface area contributed by atoms with Gasteiger partial charge in [-0.3, -0.25) is 0 Å². The Kier molecular flexibility index (Phi) is 4.38. The van der Waals surface area contributed by atoms with Gasteiger partial charge in [-0.05, 0) is 12.8 Å². The van der Waals surface area contributed by atoms with Crippen LogP contribution in [0.2, 0.25) is 0 Å². The number of carbonyl (C=O) groups is 1. The lowest BCUT2D eigenvalue weighted by atomic mass is 10.3. The highest BCUT2D eigenvalue weighted by atomic mass is 32.2. The average molecular weight is 236 g/mol. The molecule has 1 atom stereocenters. The maximum atomic E-state index is 11.1. The van der Waals surface area contributed by atoms with Crippen molar-refractivity contribution in [3.8, 4) is 0 Å². The van der Waals surface area contributed by atoms with Crippen molar-refractivity contribution in [2.24, 2.45) is 0 Å². The molecule has 1 heterocycles. The SMILES string of the molecule is CCCCOC(=O)OC1CCS(=O)(=O)C1. The minimum atomic E-state index is -3.00. The quantitative estimate of drug-likeness (QED) is 0.540. The van der Waals surface area contributed by atoms with Gasteiger partial charge in [0.25, 0.3) is 0 Å². The predicted molar refractivity (Wildman–Crippen MR) is 54.4 cm³/mol. The Morgan fingerprint density at radius 2 is 2.20 bits per heavy atom. The zero-order valence-electron chi connectivity index (χ0n) is 8.77. The van der Waals surface area contributed by atoms with Gasteiger partial charge in [0.1, 0.15) is 6.10 Å². The summed E-state index contributed by atoms with van der Waals surface area (Å²) in [5.41, 5.74) is 0. The Hall–Kier alpha value is -0.780. The molecule has 0 spiro atoms. The highest BCUT2D eigenvalue weighted by Crippen LogP contribution is 2.15. The molecule has 0 aromatic carbocycles. The van der Waals surface area contributed by atoms with Crippen LogP contribution in [0, 0.1) is 0 Å². The second kappa shape index (κ2) is 5.34. The van der Waals surface area contributed by atoms with Gasteiger partial charge >= 0.3 is 6.16 Å². The second-order valence-corrected chi connectivity index (χ2v) is 5.82. The summed E-state index contributed by atoms with van der Waals surface area (Å²) in [4.78, 5) is 11.0. The van der Waals surface area contributed by atoms with Crippen molar-refractivity contribution >= 4 is 16.0 Å². The lowest BCUT2D eigenvalue weighted by Crippen LogP contribution is -2.20. The number of sulfone groups is 1. The van der Waals surface area contributed by atoms with Gasteiger partial charge < -0.3 is 9.47 Å². The van der Waals surface area contributed by atoms with Crippen molar-refractivity contribution in [3.63, 3.8) is 0 Å². The van der Waals surface area contributed by atoms with Crippen LogP contribution in [0.1, 0.15) is 26.2 Å². The topological polar surface area (TPSA) is 69.7 Å². The largest absolute Gasteiger partial charge is 0.508 e. The van der Waals surface area contributed by atoms with Gasteiger partial charge in [0.15, 0.2) is 9.84 Å². The highest BCUT2D eigenvalue weighted by molar-refractivity contribution is 7.91. The number of rotatable bonds is 4. The number of hydrogen-bond acceptors (Lipinski definition) is 5. The summed E-state index contributed by atoms with van der Waals surface area (Å²) in [6, 6.07) is 0. The van der Waals surface area contributed by atoms with Crippen LogP contribution in [0.25, 0.3) is 0 Å². The van der Waals surface area contributed by atoms with E-state index in [1.165, 1.54) is 0 Å².